The minimum atomic E-state index is -0.0511. The third kappa shape index (κ3) is 6.49. The minimum absolute atomic E-state index is 0.0511. The van der Waals surface area contributed by atoms with Gasteiger partial charge in [0.05, 0.1) is 0 Å². The zero-order valence-electron chi connectivity index (χ0n) is 21.1. The van der Waals surface area contributed by atoms with E-state index in [1.54, 1.807) is 0 Å². The SMILES string of the molecule is CCCCC1CCC(c2ccc(-c3ccc(C4CCC(CCCC)CC4)cc3F)cc2)CC1. The summed E-state index contributed by atoms with van der Waals surface area (Å²) in [7, 11) is 0. The summed E-state index contributed by atoms with van der Waals surface area (Å²) in [6.45, 7) is 4.58. The summed E-state index contributed by atoms with van der Waals surface area (Å²) < 4.78 is 15.1. The molecule has 0 radical (unpaired) electrons. The lowest BCUT2D eigenvalue weighted by Crippen LogP contribution is -2.13. The van der Waals surface area contributed by atoms with Crippen LogP contribution in [0.5, 0.6) is 0 Å². The van der Waals surface area contributed by atoms with E-state index in [0.29, 0.717) is 11.8 Å². The van der Waals surface area contributed by atoms with Crippen molar-refractivity contribution in [3.05, 3.63) is 59.4 Å². The van der Waals surface area contributed by atoms with Crippen LogP contribution in [-0.2, 0) is 0 Å². The summed E-state index contributed by atoms with van der Waals surface area (Å²) >= 11 is 0. The predicted molar refractivity (Wildman–Crippen MR) is 140 cm³/mol. The average Bonchev–Trinajstić information content (AvgIpc) is 2.87. The normalized spacial score (nSPS) is 25.8. The van der Waals surface area contributed by atoms with E-state index in [-0.39, 0.29) is 5.82 Å². The van der Waals surface area contributed by atoms with Crippen molar-refractivity contribution >= 4 is 0 Å². The molecule has 0 bridgehead atoms. The van der Waals surface area contributed by atoms with Crippen LogP contribution in [-0.4, -0.2) is 0 Å². The van der Waals surface area contributed by atoms with Gasteiger partial charge in [0.25, 0.3) is 0 Å². The van der Waals surface area contributed by atoms with Gasteiger partial charge in [-0.25, -0.2) is 4.39 Å². The highest BCUT2D eigenvalue weighted by Gasteiger charge is 2.24. The topological polar surface area (TPSA) is 0 Å². The van der Waals surface area contributed by atoms with Gasteiger partial charge in [0.15, 0.2) is 0 Å². The van der Waals surface area contributed by atoms with Crippen molar-refractivity contribution < 1.29 is 4.39 Å². The van der Waals surface area contributed by atoms with E-state index in [9.17, 15) is 0 Å². The van der Waals surface area contributed by atoms with E-state index in [0.717, 1.165) is 23.0 Å². The highest BCUT2D eigenvalue weighted by atomic mass is 19.1. The Balaban J connectivity index is 1.34. The number of hydrogen-bond acceptors (Lipinski definition) is 0. The molecule has 33 heavy (non-hydrogen) atoms. The van der Waals surface area contributed by atoms with Crippen LogP contribution < -0.4 is 0 Å². The number of benzene rings is 2. The zero-order valence-corrected chi connectivity index (χ0v) is 21.1. The molecule has 2 fully saturated rings. The molecular formula is C32H45F. The predicted octanol–water partition coefficient (Wildman–Crippen LogP) is 10.4. The van der Waals surface area contributed by atoms with Crippen LogP contribution in [0.1, 0.15) is 127 Å². The molecule has 180 valence electrons. The molecule has 2 aromatic carbocycles. The summed E-state index contributed by atoms with van der Waals surface area (Å²) in [5.74, 6) is 3.03. The summed E-state index contributed by atoms with van der Waals surface area (Å²) in [5.41, 5.74) is 4.43. The van der Waals surface area contributed by atoms with Gasteiger partial charge in [0.1, 0.15) is 5.82 Å². The van der Waals surface area contributed by atoms with E-state index in [1.807, 2.05) is 12.1 Å². The number of unbranched alkanes of at least 4 members (excludes halogenated alkanes) is 2. The Bertz CT molecular complexity index is 835. The molecular weight excluding hydrogens is 403 g/mol. The van der Waals surface area contributed by atoms with E-state index in [4.69, 9.17) is 0 Å². The second-order valence-corrected chi connectivity index (χ2v) is 11.1. The molecule has 2 saturated carbocycles. The quantitative estimate of drug-likeness (QED) is 0.358. The third-order valence-electron chi connectivity index (χ3n) is 8.78. The summed E-state index contributed by atoms with van der Waals surface area (Å²) in [6.07, 6.45) is 18.6. The molecule has 0 nitrogen and oxygen atoms in total. The Labute approximate surface area is 202 Å². The van der Waals surface area contributed by atoms with Crippen molar-refractivity contribution in [1.29, 1.82) is 0 Å². The molecule has 0 heterocycles. The van der Waals surface area contributed by atoms with Crippen LogP contribution in [0.15, 0.2) is 42.5 Å². The lowest BCUT2D eigenvalue weighted by Gasteiger charge is -2.29. The molecule has 0 N–H and O–H groups in total. The Morgan fingerprint density at radius 2 is 1.12 bits per heavy atom. The van der Waals surface area contributed by atoms with E-state index >= 15 is 4.39 Å². The van der Waals surface area contributed by atoms with Gasteiger partial charge in [0, 0.05) is 5.56 Å². The first-order valence-corrected chi connectivity index (χ1v) is 14.1. The van der Waals surface area contributed by atoms with E-state index in [1.165, 1.54) is 101 Å². The van der Waals surface area contributed by atoms with Crippen LogP contribution in [0.4, 0.5) is 4.39 Å². The second kappa shape index (κ2) is 12.2. The lowest BCUT2D eigenvalue weighted by molar-refractivity contribution is 0.304. The highest BCUT2D eigenvalue weighted by Crippen LogP contribution is 2.40. The average molecular weight is 449 g/mol. The smallest absolute Gasteiger partial charge is 0.131 e. The Morgan fingerprint density at radius 3 is 1.61 bits per heavy atom. The Hall–Kier alpha value is -1.63. The molecule has 2 aromatic rings. The van der Waals surface area contributed by atoms with Crippen LogP contribution in [0, 0.1) is 17.7 Å². The van der Waals surface area contributed by atoms with Gasteiger partial charge in [0.2, 0.25) is 0 Å². The van der Waals surface area contributed by atoms with Crippen molar-refractivity contribution in [3.63, 3.8) is 0 Å². The number of rotatable bonds is 9. The van der Waals surface area contributed by atoms with Crippen molar-refractivity contribution in [2.24, 2.45) is 11.8 Å². The van der Waals surface area contributed by atoms with E-state index in [2.05, 4.69) is 44.2 Å². The van der Waals surface area contributed by atoms with Gasteiger partial charge < -0.3 is 0 Å². The molecule has 0 amide bonds. The Morgan fingerprint density at radius 1 is 0.636 bits per heavy atom. The molecule has 0 aliphatic heterocycles. The fourth-order valence-corrected chi connectivity index (χ4v) is 6.51. The van der Waals surface area contributed by atoms with Crippen LogP contribution >= 0.6 is 0 Å². The highest BCUT2D eigenvalue weighted by molar-refractivity contribution is 5.65. The molecule has 0 spiro atoms. The Kier molecular flexibility index (Phi) is 9.04. The maximum Gasteiger partial charge on any atom is 0.131 e. The maximum atomic E-state index is 15.1. The van der Waals surface area contributed by atoms with Crippen LogP contribution in [0.3, 0.4) is 0 Å². The minimum Gasteiger partial charge on any atom is -0.206 e. The van der Waals surface area contributed by atoms with Crippen LogP contribution in [0.2, 0.25) is 0 Å². The lowest BCUT2D eigenvalue weighted by atomic mass is 9.76. The molecule has 0 aromatic heterocycles. The van der Waals surface area contributed by atoms with Gasteiger partial charge in [-0.2, -0.15) is 0 Å². The fourth-order valence-electron chi connectivity index (χ4n) is 6.51. The van der Waals surface area contributed by atoms with Crippen LogP contribution in [0.25, 0.3) is 11.1 Å². The first kappa shape index (κ1) is 24.5. The number of hydrogen-bond donors (Lipinski definition) is 0. The summed E-state index contributed by atoms with van der Waals surface area (Å²) in [4.78, 5) is 0. The van der Waals surface area contributed by atoms with E-state index < -0.39 is 0 Å². The van der Waals surface area contributed by atoms with Crippen molar-refractivity contribution in [2.45, 2.75) is 116 Å². The molecule has 0 atom stereocenters. The van der Waals surface area contributed by atoms with Gasteiger partial charge in [-0.1, -0.05) is 88.8 Å². The van der Waals surface area contributed by atoms with Gasteiger partial charge in [-0.3, -0.25) is 0 Å². The molecule has 2 aliphatic rings. The molecule has 1 heteroatoms. The molecule has 0 saturated heterocycles. The number of halogens is 1. The summed E-state index contributed by atoms with van der Waals surface area (Å²) in [5, 5.41) is 0. The second-order valence-electron chi connectivity index (χ2n) is 11.1. The molecule has 4 rings (SSSR count). The third-order valence-corrected chi connectivity index (χ3v) is 8.78. The molecule has 2 aliphatic carbocycles. The largest absolute Gasteiger partial charge is 0.206 e. The van der Waals surface area contributed by atoms with Crippen molar-refractivity contribution in [2.75, 3.05) is 0 Å². The van der Waals surface area contributed by atoms with Crippen molar-refractivity contribution in [3.8, 4) is 11.1 Å². The maximum absolute atomic E-state index is 15.1. The van der Waals surface area contributed by atoms with Gasteiger partial charge in [-0.15, -0.1) is 0 Å². The fraction of sp³-hybridized carbons (Fsp3) is 0.625. The standard InChI is InChI=1S/C32H45F/c1-3-5-7-24-9-13-26(14-10-24)27-17-19-29(20-18-27)31-22-21-30(23-32(31)33)28-15-11-25(12-16-28)8-6-4-2/h17-26,28H,3-16H2,1-2H3. The summed E-state index contributed by atoms with van der Waals surface area (Å²) in [6, 6.07) is 14.9. The monoisotopic (exact) mass is 448 g/mol. The van der Waals surface area contributed by atoms with Crippen molar-refractivity contribution in [1.82, 2.24) is 0 Å². The first-order chi connectivity index (χ1) is 16.2. The van der Waals surface area contributed by atoms with Gasteiger partial charge in [-0.05, 0) is 97.8 Å². The first-order valence-electron chi connectivity index (χ1n) is 14.1. The van der Waals surface area contributed by atoms with Gasteiger partial charge >= 0.3 is 0 Å². The zero-order chi connectivity index (χ0) is 23.0. The molecule has 0 unspecified atom stereocenters.